The average molecular weight is 486 g/mol. The Balaban J connectivity index is 1.37. The highest BCUT2D eigenvalue weighted by molar-refractivity contribution is 5.99. The molecule has 2 aliphatic heterocycles. The molecule has 1 unspecified atom stereocenters. The number of aromatic nitrogens is 2. The summed E-state index contributed by atoms with van der Waals surface area (Å²) in [5, 5.41) is 12.9. The number of rotatable bonds is 6. The van der Waals surface area contributed by atoms with Crippen LogP contribution in [0.25, 0.3) is 17.7 Å². The summed E-state index contributed by atoms with van der Waals surface area (Å²) in [4.78, 5) is 27.4. The average Bonchev–Trinajstić information content (AvgIpc) is 3.66. The first kappa shape index (κ1) is 22.2. The van der Waals surface area contributed by atoms with E-state index in [9.17, 15) is 9.59 Å². The van der Waals surface area contributed by atoms with Crippen LogP contribution >= 0.6 is 0 Å². The standard InChI is InChI=1S/C27H27N5O4/c1-3-16-6-18(20-11-29-30-12-20)8-23-19(7-16)9-24(36-23)27(14-28-26(34)31-27)15-32-13-17-4-5-21(35-2)10-22(17)25(32)33/h4-5,7-12H,3,6,13-15H2,1-2H3,(H,29,30)(H2,28,31,34). The van der Waals surface area contributed by atoms with Crippen molar-refractivity contribution >= 4 is 29.7 Å². The van der Waals surface area contributed by atoms with Crippen molar-refractivity contribution in [3.05, 3.63) is 76.0 Å². The predicted molar refractivity (Wildman–Crippen MR) is 134 cm³/mol. The third-order valence-electron chi connectivity index (χ3n) is 7.23. The number of methoxy groups -OCH3 is 1. The Kier molecular flexibility index (Phi) is 5.21. The van der Waals surface area contributed by atoms with Gasteiger partial charge in [0.2, 0.25) is 0 Å². The molecule has 0 bridgehead atoms. The van der Waals surface area contributed by atoms with Crippen LogP contribution < -0.4 is 15.4 Å². The minimum Gasteiger partial charge on any atom is -0.497 e. The number of aromatic amines is 1. The van der Waals surface area contributed by atoms with E-state index in [1.807, 2.05) is 36.7 Å². The summed E-state index contributed by atoms with van der Waals surface area (Å²) >= 11 is 0. The largest absolute Gasteiger partial charge is 0.497 e. The molecule has 0 saturated carbocycles. The molecular weight excluding hydrogens is 458 g/mol. The summed E-state index contributed by atoms with van der Waals surface area (Å²) in [6.07, 6.45) is 9.60. The number of ether oxygens (including phenoxy) is 1. The van der Waals surface area contributed by atoms with Gasteiger partial charge in [0.05, 0.1) is 26.4 Å². The van der Waals surface area contributed by atoms with Crippen LogP contribution in [0.15, 0.2) is 46.6 Å². The smallest absolute Gasteiger partial charge is 0.315 e. The number of urea groups is 1. The number of furan rings is 1. The second-order valence-corrected chi connectivity index (χ2v) is 9.49. The Morgan fingerprint density at radius 1 is 1.22 bits per heavy atom. The maximum Gasteiger partial charge on any atom is 0.315 e. The van der Waals surface area contributed by atoms with Crippen LogP contribution in [-0.4, -0.2) is 47.2 Å². The Hall–Kier alpha value is -4.27. The van der Waals surface area contributed by atoms with E-state index in [0.29, 0.717) is 30.2 Å². The van der Waals surface area contributed by atoms with Crippen molar-refractivity contribution in [1.82, 2.24) is 25.7 Å². The van der Waals surface area contributed by atoms with Crippen molar-refractivity contribution in [2.24, 2.45) is 0 Å². The number of benzene rings is 1. The number of fused-ring (bicyclic) bond motifs is 2. The maximum atomic E-state index is 13.3. The monoisotopic (exact) mass is 485 g/mol. The van der Waals surface area contributed by atoms with Gasteiger partial charge in [-0.3, -0.25) is 9.89 Å². The summed E-state index contributed by atoms with van der Waals surface area (Å²) in [6, 6.07) is 7.24. The zero-order chi connectivity index (χ0) is 24.9. The van der Waals surface area contributed by atoms with Gasteiger partial charge in [-0.2, -0.15) is 5.10 Å². The third-order valence-corrected chi connectivity index (χ3v) is 7.23. The first-order valence-electron chi connectivity index (χ1n) is 12.0. The molecule has 1 atom stereocenters. The predicted octanol–water partition coefficient (Wildman–Crippen LogP) is 3.91. The van der Waals surface area contributed by atoms with Gasteiger partial charge in [0, 0.05) is 29.4 Å². The number of allylic oxidation sites excluding steroid dienone is 2. The van der Waals surface area contributed by atoms with Crippen molar-refractivity contribution in [2.45, 2.75) is 31.8 Å². The second-order valence-electron chi connectivity index (χ2n) is 9.49. The van der Waals surface area contributed by atoms with E-state index in [-0.39, 0.29) is 18.5 Å². The topological polar surface area (TPSA) is 112 Å². The van der Waals surface area contributed by atoms with Crippen LogP contribution in [0.2, 0.25) is 0 Å². The lowest BCUT2D eigenvalue weighted by Crippen LogP contribution is -2.50. The zero-order valence-electron chi connectivity index (χ0n) is 20.2. The summed E-state index contributed by atoms with van der Waals surface area (Å²) in [5.41, 5.74) is 5.03. The molecule has 9 nitrogen and oxygen atoms in total. The number of H-pyrrole nitrogens is 1. The van der Waals surface area contributed by atoms with Gasteiger partial charge in [-0.15, -0.1) is 0 Å². The molecule has 0 spiro atoms. The Bertz CT molecular complexity index is 1420. The van der Waals surface area contributed by atoms with Crippen LogP contribution in [0, 0.1) is 0 Å². The van der Waals surface area contributed by atoms with Gasteiger partial charge in [0.25, 0.3) is 5.91 Å². The number of carbonyl (C=O) groups is 2. The molecule has 1 aromatic carbocycles. The fourth-order valence-corrected chi connectivity index (χ4v) is 5.22. The summed E-state index contributed by atoms with van der Waals surface area (Å²) < 4.78 is 11.7. The zero-order valence-corrected chi connectivity index (χ0v) is 20.2. The highest BCUT2D eigenvalue weighted by Crippen LogP contribution is 2.38. The Morgan fingerprint density at radius 2 is 2.11 bits per heavy atom. The molecule has 3 N–H and O–H groups in total. The van der Waals surface area contributed by atoms with E-state index in [4.69, 9.17) is 9.15 Å². The quantitative estimate of drug-likeness (QED) is 0.490. The van der Waals surface area contributed by atoms with Crippen molar-refractivity contribution in [2.75, 3.05) is 20.2 Å². The van der Waals surface area contributed by atoms with Crippen LogP contribution in [0.4, 0.5) is 4.79 Å². The second kappa shape index (κ2) is 8.44. The molecule has 2 aromatic heterocycles. The molecule has 1 fully saturated rings. The number of nitrogens with one attached hydrogen (secondary N) is 3. The van der Waals surface area contributed by atoms with E-state index in [1.165, 1.54) is 5.57 Å². The lowest BCUT2D eigenvalue weighted by atomic mass is 9.95. The maximum absolute atomic E-state index is 13.3. The van der Waals surface area contributed by atoms with Gasteiger partial charge >= 0.3 is 6.03 Å². The van der Waals surface area contributed by atoms with Gasteiger partial charge in [-0.1, -0.05) is 24.6 Å². The van der Waals surface area contributed by atoms with E-state index >= 15 is 0 Å². The molecule has 3 aromatic rings. The third kappa shape index (κ3) is 3.67. The number of hydrogen-bond donors (Lipinski definition) is 3. The van der Waals surface area contributed by atoms with Gasteiger partial charge in [0.15, 0.2) is 0 Å². The number of hydrogen-bond acceptors (Lipinski definition) is 5. The summed E-state index contributed by atoms with van der Waals surface area (Å²) in [5.74, 6) is 1.89. The molecule has 36 heavy (non-hydrogen) atoms. The van der Waals surface area contributed by atoms with Gasteiger partial charge < -0.3 is 24.7 Å². The first-order chi connectivity index (χ1) is 17.5. The molecule has 1 saturated heterocycles. The molecule has 1 aliphatic carbocycles. The SMILES string of the molecule is CCC1=Cc2cc(C3(CN4Cc5ccc(OC)cc5C4=O)CNC(=O)N3)oc2C=C(c2cn[nH]c2)C1. The molecule has 9 heteroatoms. The molecular formula is C27H27N5O4. The normalized spacial score (nSPS) is 20.8. The van der Waals surface area contributed by atoms with Crippen LogP contribution in [0.3, 0.4) is 0 Å². The molecule has 0 radical (unpaired) electrons. The molecule has 184 valence electrons. The van der Waals surface area contributed by atoms with Crippen molar-refractivity contribution in [1.29, 1.82) is 0 Å². The minimum atomic E-state index is -0.894. The Labute approximate surface area is 208 Å². The lowest BCUT2D eigenvalue weighted by molar-refractivity contribution is 0.0721. The molecule has 3 amide bonds. The summed E-state index contributed by atoms with van der Waals surface area (Å²) in [6.45, 7) is 3.18. The number of amides is 3. The highest BCUT2D eigenvalue weighted by atomic mass is 16.5. The number of carbonyl (C=O) groups excluding carboxylic acids is 2. The summed E-state index contributed by atoms with van der Waals surface area (Å²) in [7, 11) is 1.58. The minimum absolute atomic E-state index is 0.0900. The van der Waals surface area contributed by atoms with Crippen molar-refractivity contribution in [3.8, 4) is 5.75 Å². The van der Waals surface area contributed by atoms with Crippen LogP contribution in [0.5, 0.6) is 5.75 Å². The van der Waals surface area contributed by atoms with Crippen molar-refractivity contribution in [3.63, 3.8) is 0 Å². The lowest BCUT2D eigenvalue weighted by Gasteiger charge is -2.30. The molecule has 6 rings (SSSR count). The molecule has 3 aliphatic rings. The van der Waals surface area contributed by atoms with Crippen LogP contribution in [-0.2, 0) is 12.1 Å². The fourth-order valence-electron chi connectivity index (χ4n) is 5.22. The van der Waals surface area contributed by atoms with Crippen LogP contribution in [0.1, 0.15) is 58.3 Å². The number of nitrogens with zero attached hydrogens (tertiary/aromatic N) is 2. The van der Waals surface area contributed by atoms with E-state index in [1.54, 1.807) is 18.1 Å². The van der Waals surface area contributed by atoms with E-state index < -0.39 is 5.54 Å². The molecule has 4 heterocycles. The Morgan fingerprint density at radius 3 is 2.83 bits per heavy atom. The first-order valence-corrected chi connectivity index (χ1v) is 12.0. The van der Waals surface area contributed by atoms with Gasteiger partial charge in [0.1, 0.15) is 22.8 Å². The van der Waals surface area contributed by atoms with Gasteiger partial charge in [-0.25, -0.2) is 4.79 Å². The fraction of sp³-hybridized carbons (Fsp3) is 0.296. The van der Waals surface area contributed by atoms with Crippen molar-refractivity contribution < 1.29 is 18.7 Å². The van der Waals surface area contributed by atoms with E-state index in [0.717, 1.165) is 40.9 Å². The highest BCUT2D eigenvalue weighted by Gasteiger charge is 2.46. The van der Waals surface area contributed by atoms with Gasteiger partial charge in [-0.05, 0) is 48.3 Å². The van der Waals surface area contributed by atoms with E-state index in [2.05, 4.69) is 33.8 Å².